The van der Waals surface area contributed by atoms with E-state index in [2.05, 4.69) is 15.0 Å². The Morgan fingerprint density at radius 2 is 2.54 bits per heavy atom. The van der Waals surface area contributed by atoms with E-state index in [1.165, 1.54) is 0 Å². The van der Waals surface area contributed by atoms with E-state index in [4.69, 9.17) is 9.84 Å². The van der Waals surface area contributed by atoms with E-state index >= 15 is 0 Å². The van der Waals surface area contributed by atoms with Crippen molar-refractivity contribution in [2.45, 2.75) is 13.0 Å². The number of hydrogen-bond acceptors (Lipinski definition) is 5. The Hall–Kier alpha value is -1.72. The molecule has 2 N–H and O–H groups in total. The molecule has 0 spiro atoms. The predicted octanol–water partition coefficient (Wildman–Crippen LogP) is 0.566. The normalized spacial score (nSPS) is 19.9. The van der Waals surface area contributed by atoms with Crippen molar-refractivity contribution in [2.24, 2.45) is 0 Å². The lowest BCUT2D eigenvalue weighted by Crippen LogP contribution is -2.28. The SMILES string of the molecule is C[C@@H]1COc2onc(C(=O)O)c2N1. The van der Waals surface area contributed by atoms with Gasteiger partial charge in [-0.05, 0) is 6.92 Å². The Labute approximate surface area is 73.5 Å². The molecular formula is C7H8N2O4. The Morgan fingerprint density at radius 1 is 1.77 bits per heavy atom. The summed E-state index contributed by atoms with van der Waals surface area (Å²) in [5.41, 5.74) is 0.188. The molecule has 2 rings (SSSR count). The Bertz CT molecular complexity index is 346. The fourth-order valence-electron chi connectivity index (χ4n) is 1.14. The van der Waals surface area contributed by atoms with E-state index in [0.717, 1.165) is 0 Å². The van der Waals surface area contributed by atoms with Gasteiger partial charge in [0.15, 0.2) is 5.69 Å². The van der Waals surface area contributed by atoms with E-state index < -0.39 is 5.97 Å². The summed E-state index contributed by atoms with van der Waals surface area (Å²) < 4.78 is 9.79. The number of nitrogens with zero attached hydrogens (tertiary/aromatic N) is 1. The zero-order valence-electron chi connectivity index (χ0n) is 6.90. The van der Waals surface area contributed by atoms with Crippen LogP contribution in [0.15, 0.2) is 4.52 Å². The quantitative estimate of drug-likeness (QED) is 0.663. The summed E-state index contributed by atoms with van der Waals surface area (Å²) in [6, 6.07) is 0.0602. The molecule has 70 valence electrons. The van der Waals surface area contributed by atoms with Crippen LogP contribution in [0.2, 0.25) is 0 Å². The number of carboxylic acid groups (broad SMARTS) is 1. The Kier molecular flexibility index (Phi) is 1.61. The fraction of sp³-hybridized carbons (Fsp3) is 0.429. The smallest absolute Gasteiger partial charge is 0.360 e. The molecule has 0 aromatic carbocycles. The second kappa shape index (κ2) is 2.65. The largest absolute Gasteiger partial charge is 0.476 e. The number of anilines is 1. The summed E-state index contributed by atoms with van der Waals surface area (Å²) in [7, 11) is 0. The van der Waals surface area contributed by atoms with Crippen LogP contribution in [-0.2, 0) is 0 Å². The Morgan fingerprint density at radius 3 is 3.23 bits per heavy atom. The second-order valence-corrected chi connectivity index (χ2v) is 2.86. The number of fused-ring (bicyclic) bond motifs is 1. The number of carbonyl (C=O) groups is 1. The molecule has 0 bridgehead atoms. The van der Waals surface area contributed by atoms with Crippen LogP contribution in [0.1, 0.15) is 17.4 Å². The molecule has 0 aliphatic carbocycles. The number of rotatable bonds is 1. The first-order valence-corrected chi connectivity index (χ1v) is 3.81. The summed E-state index contributed by atoms with van der Waals surface area (Å²) in [5, 5.41) is 15.0. The number of aromatic carboxylic acids is 1. The van der Waals surface area contributed by atoms with E-state index in [0.29, 0.717) is 12.3 Å². The zero-order valence-corrected chi connectivity index (χ0v) is 6.90. The average molecular weight is 184 g/mol. The highest BCUT2D eigenvalue weighted by molar-refractivity contribution is 5.93. The minimum Gasteiger partial charge on any atom is -0.476 e. The molecule has 0 saturated heterocycles. The molecule has 13 heavy (non-hydrogen) atoms. The van der Waals surface area contributed by atoms with Crippen LogP contribution in [-0.4, -0.2) is 28.9 Å². The van der Waals surface area contributed by atoms with Gasteiger partial charge in [-0.25, -0.2) is 4.79 Å². The lowest BCUT2D eigenvalue weighted by molar-refractivity contribution is 0.0686. The number of nitrogens with one attached hydrogen (secondary N) is 1. The van der Waals surface area contributed by atoms with Gasteiger partial charge >= 0.3 is 11.9 Å². The maximum absolute atomic E-state index is 10.6. The van der Waals surface area contributed by atoms with Gasteiger partial charge in [-0.3, -0.25) is 0 Å². The molecule has 0 unspecified atom stereocenters. The topological polar surface area (TPSA) is 84.6 Å². The minimum atomic E-state index is -1.13. The molecule has 0 radical (unpaired) electrons. The van der Waals surface area contributed by atoms with Crippen LogP contribution in [0.5, 0.6) is 5.95 Å². The average Bonchev–Trinajstić information content (AvgIpc) is 2.46. The van der Waals surface area contributed by atoms with Crippen LogP contribution in [0, 0.1) is 0 Å². The molecule has 6 heteroatoms. The van der Waals surface area contributed by atoms with Crippen molar-refractivity contribution in [1.29, 1.82) is 0 Å². The van der Waals surface area contributed by atoms with Crippen molar-refractivity contribution in [3.63, 3.8) is 0 Å². The molecule has 0 fully saturated rings. The number of aromatic nitrogens is 1. The van der Waals surface area contributed by atoms with Crippen LogP contribution in [0.25, 0.3) is 0 Å². The molecule has 1 aliphatic heterocycles. The van der Waals surface area contributed by atoms with E-state index in [9.17, 15) is 4.79 Å². The molecular weight excluding hydrogens is 176 g/mol. The van der Waals surface area contributed by atoms with Crippen LogP contribution in [0.4, 0.5) is 5.69 Å². The lowest BCUT2D eigenvalue weighted by Gasteiger charge is -2.19. The third kappa shape index (κ3) is 1.20. The van der Waals surface area contributed by atoms with Gasteiger partial charge in [-0.1, -0.05) is 5.16 Å². The van der Waals surface area contributed by atoms with Crippen LogP contribution < -0.4 is 10.1 Å². The van der Waals surface area contributed by atoms with Crippen molar-refractivity contribution < 1.29 is 19.2 Å². The first kappa shape index (κ1) is 7.90. The molecule has 2 heterocycles. The maximum atomic E-state index is 10.6. The van der Waals surface area contributed by atoms with Crippen LogP contribution >= 0.6 is 0 Å². The summed E-state index contributed by atoms with van der Waals surface area (Å²) >= 11 is 0. The van der Waals surface area contributed by atoms with Gasteiger partial charge < -0.3 is 19.7 Å². The highest BCUT2D eigenvalue weighted by Crippen LogP contribution is 2.31. The molecule has 0 saturated carbocycles. The summed E-state index contributed by atoms with van der Waals surface area (Å²) in [5.74, 6) is -0.981. The summed E-state index contributed by atoms with van der Waals surface area (Å²) in [4.78, 5) is 10.6. The van der Waals surface area contributed by atoms with E-state index in [-0.39, 0.29) is 17.7 Å². The van der Waals surface area contributed by atoms with E-state index in [1.54, 1.807) is 0 Å². The van der Waals surface area contributed by atoms with Crippen molar-refractivity contribution >= 4 is 11.7 Å². The molecule has 1 atom stereocenters. The maximum Gasteiger partial charge on any atom is 0.360 e. The first-order valence-electron chi connectivity index (χ1n) is 3.81. The van der Waals surface area contributed by atoms with Gasteiger partial charge in [0.1, 0.15) is 6.61 Å². The van der Waals surface area contributed by atoms with Gasteiger partial charge in [-0.15, -0.1) is 0 Å². The van der Waals surface area contributed by atoms with Crippen molar-refractivity contribution in [3.05, 3.63) is 5.69 Å². The van der Waals surface area contributed by atoms with Gasteiger partial charge in [0.2, 0.25) is 5.69 Å². The lowest BCUT2D eigenvalue weighted by atomic mass is 10.2. The van der Waals surface area contributed by atoms with Crippen molar-refractivity contribution in [1.82, 2.24) is 5.16 Å². The Balaban J connectivity index is 2.41. The molecule has 1 aromatic rings. The number of carboxylic acids is 1. The van der Waals surface area contributed by atoms with Gasteiger partial charge in [0, 0.05) is 0 Å². The zero-order chi connectivity index (χ0) is 9.42. The fourth-order valence-corrected chi connectivity index (χ4v) is 1.14. The third-order valence-electron chi connectivity index (χ3n) is 1.72. The minimum absolute atomic E-state index is 0.0602. The van der Waals surface area contributed by atoms with Gasteiger partial charge in [0.25, 0.3) is 0 Å². The third-order valence-corrected chi connectivity index (χ3v) is 1.72. The van der Waals surface area contributed by atoms with Crippen LogP contribution in [0.3, 0.4) is 0 Å². The van der Waals surface area contributed by atoms with Crippen molar-refractivity contribution in [3.8, 4) is 5.95 Å². The molecule has 6 nitrogen and oxygen atoms in total. The standard InChI is InChI=1S/C7H8N2O4/c1-3-2-12-7-5(8-3)4(6(10)11)9-13-7/h3,8H,2H2,1H3,(H,10,11)/t3-/m1/s1. The predicted molar refractivity (Wildman–Crippen MR) is 42.0 cm³/mol. The number of hydrogen-bond donors (Lipinski definition) is 2. The number of ether oxygens (including phenoxy) is 1. The molecule has 1 aliphatic rings. The van der Waals surface area contributed by atoms with Gasteiger partial charge in [-0.2, -0.15) is 0 Å². The van der Waals surface area contributed by atoms with Crippen molar-refractivity contribution in [2.75, 3.05) is 11.9 Å². The summed E-state index contributed by atoms with van der Waals surface area (Å²) in [6.45, 7) is 2.32. The highest BCUT2D eigenvalue weighted by Gasteiger charge is 2.27. The highest BCUT2D eigenvalue weighted by atomic mass is 16.6. The molecule has 0 amide bonds. The summed E-state index contributed by atoms with van der Waals surface area (Å²) in [6.07, 6.45) is 0. The second-order valence-electron chi connectivity index (χ2n) is 2.86. The first-order chi connectivity index (χ1) is 6.18. The molecule has 1 aromatic heterocycles. The van der Waals surface area contributed by atoms with E-state index in [1.807, 2.05) is 6.92 Å². The van der Waals surface area contributed by atoms with Gasteiger partial charge in [0.05, 0.1) is 6.04 Å². The monoisotopic (exact) mass is 184 g/mol.